The second-order valence-electron chi connectivity index (χ2n) is 7.34. The van der Waals surface area contributed by atoms with Crippen LogP contribution in [0, 0.1) is 0 Å². The number of likely N-dealkylation sites (tertiary alicyclic amines) is 1. The number of hydrogen-bond acceptors (Lipinski definition) is 5. The van der Waals surface area contributed by atoms with Gasteiger partial charge in [-0.05, 0) is 48.7 Å². The van der Waals surface area contributed by atoms with Gasteiger partial charge in [0.2, 0.25) is 0 Å². The number of amides is 1. The van der Waals surface area contributed by atoms with Crippen molar-refractivity contribution in [1.82, 2.24) is 4.90 Å². The van der Waals surface area contributed by atoms with Crippen LogP contribution in [0.25, 0.3) is 5.76 Å². The van der Waals surface area contributed by atoms with Gasteiger partial charge in [0.15, 0.2) is 0 Å². The van der Waals surface area contributed by atoms with Crippen LogP contribution in [0.1, 0.15) is 30.0 Å². The first-order valence-electron chi connectivity index (χ1n) is 9.80. The van der Waals surface area contributed by atoms with Crippen LogP contribution in [0.4, 0.5) is 0 Å². The summed E-state index contributed by atoms with van der Waals surface area (Å²) in [5, 5.41) is 11.5. The van der Waals surface area contributed by atoms with Crippen molar-refractivity contribution in [2.75, 3.05) is 20.3 Å². The Morgan fingerprint density at radius 1 is 1.20 bits per heavy atom. The molecule has 1 amide bonds. The highest BCUT2D eigenvalue weighted by atomic mass is 35.5. The minimum atomic E-state index is -0.787. The molecule has 0 saturated carbocycles. The van der Waals surface area contributed by atoms with E-state index in [1.807, 2.05) is 0 Å². The zero-order valence-electron chi connectivity index (χ0n) is 16.5. The lowest BCUT2D eigenvalue weighted by Crippen LogP contribution is -2.36. The summed E-state index contributed by atoms with van der Waals surface area (Å²) in [5.74, 6) is -1.01. The molecule has 2 atom stereocenters. The monoisotopic (exact) mass is 427 g/mol. The quantitative estimate of drug-likeness (QED) is 0.444. The van der Waals surface area contributed by atoms with Gasteiger partial charge >= 0.3 is 0 Å². The number of nitrogens with zero attached hydrogens (tertiary/aromatic N) is 1. The van der Waals surface area contributed by atoms with Gasteiger partial charge in [0.05, 0.1) is 24.8 Å². The number of ether oxygens (including phenoxy) is 2. The van der Waals surface area contributed by atoms with E-state index in [0.717, 1.165) is 12.8 Å². The predicted molar refractivity (Wildman–Crippen MR) is 112 cm³/mol. The fourth-order valence-corrected chi connectivity index (χ4v) is 4.24. The maximum absolute atomic E-state index is 13.0. The van der Waals surface area contributed by atoms with Gasteiger partial charge in [0.1, 0.15) is 11.5 Å². The Hall–Kier alpha value is -2.83. The summed E-state index contributed by atoms with van der Waals surface area (Å²) in [6.07, 6.45) is 1.59. The van der Waals surface area contributed by atoms with Gasteiger partial charge in [-0.1, -0.05) is 29.8 Å². The number of halogens is 1. The number of carbonyl (C=O) groups is 2. The Morgan fingerprint density at radius 2 is 1.93 bits per heavy atom. The van der Waals surface area contributed by atoms with Gasteiger partial charge in [-0.3, -0.25) is 9.59 Å². The van der Waals surface area contributed by atoms with E-state index in [4.69, 9.17) is 21.1 Å². The molecule has 156 valence electrons. The SMILES string of the molecule is COc1ccc(C(O)=C2C(=O)C(=O)N(C[C@H]3CCCO3)[C@@H]2c2ccccc2Cl)cc1. The van der Waals surface area contributed by atoms with Crippen molar-refractivity contribution < 1.29 is 24.2 Å². The number of aliphatic hydroxyl groups is 1. The molecule has 0 spiro atoms. The van der Waals surface area contributed by atoms with Gasteiger partial charge in [-0.25, -0.2) is 0 Å². The third-order valence-corrected chi connectivity index (χ3v) is 5.87. The highest BCUT2D eigenvalue weighted by Crippen LogP contribution is 2.42. The molecule has 2 saturated heterocycles. The highest BCUT2D eigenvalue weighted by Gasteiger charge is 2.47. The van der Waals surface area contributed by atoms with E-state index < -0.39 is 17.7 Å². The van der Waals surface area contributed by atoms with Gasteiger partial charge in [0.25, 0.3) is 11.7 Å². The highest BCUT2D eigenvalue weighted by molar-refractivity contribution is 6.47. The number of carbonyl (C=O) groups excluding carboxylic acids is 2. The van der Waals surface area contributed by atoms with Crippen molar-refractivity contribution in [3.05, 3.63) is 70.3 Å². The topological polar surface area (TPSA) is 76.1 Å². The summed E-state index contributed by atoms with van der Waals surface area (Å²) in [4.78, 5) is 27.4. The van der Waals surface area contributed by atoms with Crippen molar-refractivity contribution in [1.29, 1.82) is 0 Å². The van der Waals surface area contributed by atoms with Gasteiger partial charge < -0.3 is 19.5 Å². The van der Waals surface area contributed by atoms with Crippen LogP contribution in [-0.2, 0) is 14.3 Å². The summed E-state index contributed by atoms with van der Waals surface area (Å²) < 4.78 is 10.8. The minimum absolute atomic E-state index is 0.0243. The first-order chi connectivity index (χ1) is 14.5. The second-order valence-corrected chi connectivity index (χ2v) is 7.74. The van der Waals surface area contributed by atoms with E-state index in [0.29, 0.717) is 28.5 Å². The minimum Gasteiger partial charge on any atom is -0.507 e. The summed E-state index contributed by atoms with van der Waals surface area (Å²) in [5.41, 5.74) is 1.03. The zero-order valence-corrected chi connectivity index (χ0v) is 17.3. The third-order valence-electron chi connectivity index (χ3n) is 5.53. The molecule has 2 aliphatic rings. The number of methoxy groups -OCH3 is 1. The van der Waals surface area contributed by atoms with E-state index in [9.17, 15) is 14.7 Å². The van der Waals surface area contributed by atoms with Crippen LogP contribution in [0.15, 0.2) is 54.1 Å². The van der Waals surface area contributed by atoms with E-state index in [1.165, 1.54) is 4.90 Å². The van der Waals surface area contributed by atoms with Crippen molar-refractivity contribution in [2.45, 2.75) is 25.0 Å². The lowest BCUT2D eigenvalue weighted by molar-refractivity contribution is -0.140. The first kappa shape index (κ1) is 20.4. The summed E-state index contributed by atoms with van der Waals surface area (Å²) in [7, 11) is 1.54. The Bertz CT molecular complexity index is 995. The largest absolute Gasteiger partial charge is 0.507 e. The lowest BCUT2D eigenvalue weighted by atomic mass is 9.95. The van der Waals surface area contributed by atoms with Gasteiger partial charge in [-0.15, -0.1) is 0 Å². The maximum Gasteiger partial charge on any atom is 0.295 e. The molecule has 2 aliphatic heterocycles. The molecule has 30 heavy (non-hydrogen) atoms. The number of ketones is 1. The standard InChI is InChI=1S/C23H22ClNO5/c1-29-15-10-8-14(9-11-15)21(26)19-20(17-6-2-3-7-18(17)24)25(23(28)22(19)27)13-16-5-4-12-30-16/h2-3,6-11,16,20,26H,4-5,12-13H2,1H3/t16-,20-/m1/s1. The summed E-state index contributed by atoms with van der Waals surface area (Å²) in [6.45, 7) is 0.900. The fraction of sp³-hybridized carbons (Fsp3) is 0.304. The maximum atomic E-state index is 13.0. The van der Waals surface area contributed by atoms with Gasteiger partial charge in [0, 0.05) is 23.7 Å². The van der Waals surface area contributed by atoms with Crippen molar-refractivity contribution in [2.24, 2.45) is 0 Å². The summed E-state index contributed by atoms with van der Waals surface area (Å²) >= 11 is 6.44. The molecule has 4 rings (SSSR count). The average Bonchev–Trinajstić information content (AvgIpc) is 3.36. The molecular weight excluding hydrogens is 406 g/mol. The Labute approximate surface area is 179 Å². The van der Waals surface area contributed by atoms with Crippen LogP contribution >= 0.6 is 11.6 Å². The zero-order chi connectivity index (χ0) is 21.3. The normalized spacial score (nSPS) is 23.2. The van der Waals surface area contributed by atoms with Gasteiger partial charge in [-0.2, -0.15) is 0 Å². The smallest absolute Gasteiger partial charge is 0.295 e. The third kappa shape index (κ3) is 3.68. The molecule has 6 nitrogen and oxygen atoms in total. The molecule has 7 heteroatoms. The molecule has 0 unspecified atom stereocenters. The van der Waals surface area contributed by atoms with E-state index in [1.54, 1.807) is 55.6 Å². The number of rotatable bonds is 5. The molecule has 2 aromatic carbocycles. The van der Waals surface area contributed by atoms with Crippen LogP contribution in [0.3, 0.4) is 0 Å². The van der Waals surface area contributed by atoms with E-state index in [-0.39, 0.29) is 24.0 Å². The molecule has 0 bridgehead atoms. The molecule has 0 radical (unpaired) electrons. The van der Waals surface area contributed by atoms with Crippen LogP contribution < -0.4 is 4.74 Å². The van der Waals surface area contributed by atoms with Crippen molar-refractivity contribution >= 4 is 29.1 Å². The Kier molecular flexibility index (Phi) is 5.79. The number of benzene rings is 2. The van der Waals surface area contributed by atoms with Crippen LogP contribution in [-0.4, -0.2) is 48.1 Å². The van der Waals surface area contributed by atoms with Crippen LogP contribution in [0.5, 0.6) is 5.75 Å². The second kappa shape index (κ2) is 8.50. The molecule has 2 heterocycles. The van der Waals surface area contributed by atoms with E-state index in [2.05, 4.69) is 0 Å². The number of aliphatic hydroxyl groups excluding tert-OH is 1. The molecule has 0 aromatic heterocycles. The van der Waals surface area contributed by atoms with Crippen molar-refractivity contribution in [3.63, 3.8) is 0 Å². The Balaban J connectivity index is 1.82. The number of hydrogen-bond donors (Lipinski definition) is 1. The molecular formula is C23H22ClNO5. The molecule has 2 fully saturated rings. The van der Waals surface area contributed by atoms with Crippen LogP contribution in [0.2, 0.25) is 5.02 Å². The average molecular weight is 428 g/mol. The first-order valence-corrected chi connectivity index (χ1v) is 10.2. The molecule has 1 N–H and O–H groups in total. The summed E-state index contributed by atoms with van der Waals surface area (Å²) in [6, 6.07) is 12.9. The molecule has 2 aromatic rings. The fourth-order valence-electron chi connectivity index (χ4n) is 4.00. The Morgan fingerprint density at radius 3 is 2.57 bits per heavy atom. The predicted octanol–water partition coefficient (Wildman–Crippen LogP) is 3.95. The van der Waals surface area contributed by atoms with Crippen molar-refractivity contribution in [3.8, 4) is 5.75 Å². The lowest BCUT2D eigenvalue weighted by Gasteiger charge is -2.28. The van der Waals surface area contributed by atoms with E-state index >= 15 is 0 Å². The molecule has 0 aliphatic carbocycles. The number of Topliss-reactive ketones (excluding diaryl/α,β-unsaturated/α-hetero) is 1.